The zero-order chi connectivity index (χ0) is 16.9. The van der Waals surface area contributed by atoms with E-state index in [1.54, 1.807) is 13.8 Å². The molecule has 0 aromatic heterocycles. The van der Waals surface area contributed by atoms with E-state index < -0.39 is 16.2 Å². The van der Waals surface area contributed by atoms with Crippen molar-refractivity contribution in [2.45, 2.75) is 32.8 Å². The second-order valence-electron chi connectivity index (χ2n) is 5.77. The zero-order valence-electron chi connectivity index (χ0n) is 13.0. The van der Waals surface area contributed by atoms with Crippen LogP contribution in [-0.4, -0.2) is 62.5 Å². The molecule has 9 heteroatoms. The number of piperidine rings is 1. The van der Waals surface area contributed by atoms with Crippen molar-refractivity contribution < 1.29 is 32.0 Å². The number of amides is 1. The summed E-state index contributed by atoms with van der Waals surface area (Å²) in [5, 5.41) is 9.05. The molecular formula is C13H23NO7S. The van der Waals surface area contributed by atoms with Crippen LogP contribution in [0.1, 0.15) is 26.7 Å². The molecule has 1 fully saturated rings. The minimum atomic E-state index is -3.61. The summed E-state index contributed by atoms with van der Waals surface area (Å²) in [6.45, 7) is 3.81. The van der Waals surface area contributed by atoms with Gasteiger partial charge in [-0.2, -0.15) is 8.42 Å². The standard InChI is InChI=1S/C13H23NO7S/c1-9(2)21-12(15)6-10-4-5-14(13(16)17)7-11(10)8-20-22(3,18)19/h9-11H,4-8H2,1-3H3,(H,16,17). The van der Waals surface area contributed by atoms with Gasteiger partial charge in [-0.25, -0.2) is 4.79 Å². The van der Waals surface area contributed by atoms with Gasteiger partial charge in [0.1, 0.15) is 0 Å². The Bertz CT molecular complexity index is 503. The van der Waals surface area contributed by atoms with E-state index in [9.17, 15) is 18.0 Å². The van der Waals surface area contributed by atoms with Gasteiger partial charge in [-0.3, -0.25) is 8.98 Å². The summed E-state index contributed by atoms with van der Waals surface area (Å²) >= 11 is 0. The van der Waals surface area contributed by atoms with Crippen molar-refractivity contribution in [1.82, 2.24) is 4.90 Å². The molecule has 1 aliphatic heterocycles. The molecule has 2 unspecified atom stereocenters. The van der Waals surface area contributed by atoms with Crippen molar-refractivity contribution in [3.8, 4) is 0 Å². The van der Waals surface area contributed by atoms with E-state index in [0.29, 0.717) is 13.0 Å². The van der Waals surface area contributed by atoms with E-state index >= 15 is 0 Å². The van der Waals surface area contributed by atoms with E-state index in [-0.39, 0.29) is 43.5 Å². The fourth-order valence-corrected chi connectivity index (χ4v) is 2.87. The molecule has 0 aromatic rings. The molecule has 128 valence electrons. The van der Waals surface area contributed by atoms with Gasteiger partial charge in [0.05, 0.1) is 19.0 Å². The maximum absolute atomic E-state index is 11.8. The maximum atomic E-state index is 11.8. The molecular weight excluding hydrogens is 314 g/mol. The van der Waals surface area contributed by atoms with Crippen LogP contribution in [0, 0.1) is 11.8 Å². The average molecular weight is 337 g/mol. The molecule has 1 rings (SSSR count). The van der Waals surface area contributed by atoms with Crippen LogP contribution in [0.2, 0.25) is 0 Å². The number of rotatable bonds is 6. The van der Waals surface area contributed by atoms with Crippen LogP contribution in [0.15, 0.2) is 0 Å². The van der Waals surface area contributed by atoms with Gasteiger partial charge in [-0.1, -0.05) is 0 Å². The lowest BCUT2D eigenvalue weighted by Gasteiger charge is -2.36. The van der Waals surface area contributed by atoms with Crippen molar-refractivity contribution in [1.29, 1.82) is 0 Å². The topological polar surface area (TPSA) is 110 Å². The summed E-state index contributed by atoms with van der Waals surface area (Å²) < 4.78 is 32.1. The predicted octanol–water partition coefficient (Wildman–Crippen LogP) is 0.920. The molecule has 0 saturated carbocycles. The first-order valence-corrected chi connectivity index (χ1v) is 8.92. The van der Waals surface area contributed by atoms with Gasteiger partial charge in [0, 0.05) is 25.4 Å². The Kier molecular flexibility index (Phi) is 6.61. The molecule has 22 heavy (non-hydrogen) atoms. The summed E-state index contributed by atoms with van der Waals surface area (Å²) in [6, 6.07) is 0. The van der Waals surface area contributed by atoms with Crippen molar-refractivity contribution >= 4 is 22.2 Å². The van der Waals surface area contributed by atoms with E-state index in [4.69, 9.17) is 14.0 Å². The highest BCUT2D eigenvalue weighted by atomic mass is 32.2. The number of likely N-dealkylation sites (tertiary alicyclic amines) is 1. The fraction of sp³-hybridized carbons (Fsp3) is 0.846. The van der Waals surface area contributed by atoms with Gasteiger partial charge in [-0.15, -0.1) is 0 Å². The van der Waals surface area contributed by atoms with Crippen molar-refractivity contribution in [2.24, 2.45) is 11.8 Å². The number of nitrogens with zero attached hydrogens (tertiary/aromatic N) is 1. The monoisotopic (exact) mass is 337 g/mol. The quantitative estimate of drug-likeness (QED) is 0.567. The van der Waals surface area contributed by atoms with E-state index in [1.807, 2.05) is 0 Å². The minimum Gasteiger partial charge on any atom is -0.465 e. The van der Waals surface area contributed by atoms with Crippen molar-refractivity contribution in [2.75, 3.05) is 26.0 Å². The number of carbonyl (C=O) groups excluding carboxylic acids is 1. The van der Waals surface area contributed by atoms with Gasteiger partial charge in [0.2, 0.25) is 0 Å². The molecule has 1 aliphatic rings. The first-order chi connectivity index (χ1) is 10.1. The molecule has 2 atom stereocenters. The number of carboxylic acid groups (broad SMARTS) is 1. The Labute approximate surface area is 130 Å². The second kappa shape index (κ2) is 7.77. The predicted molar refractivity (Wildman–Crippen MR) is 77.8 cm³/mol. The minimum absolute atomic E-state index is 0.128. The summed E-state index contributed by atoms with van der Waals surface area (Å²) in [4.78, 5) is 24.0. The number of ether oxygens (including phenoxy) is 1. The lowest BCUT2D eigenvalue weighted by molar-refractivity contribution is -0.149. The molecule has 1 saturated heterocycles. The molecule has 1 heterocycles. The van der Waals surface area contributed by atoms with Crippen LogP contribution in [0.25, 0.3) is 0 Å². The van der Waals surface area contributed by atoms with Crippen LogP contribution >= 0.6 is 0 Å². The van der Waals surface area contributed by atoms with Crippen LogP contribution in [-0.2, 0) is 23.8 Å². The Morgan fingerprint density at radius 2 is 1.95 bits per heavy atom. The summed E-state index contributed by atoms with van der Waals surface area (Å²) in [7, 11) is -3.61. The number of hydrogen-bond acceptors (Lipinski definition) is 6. The molecule has 8 nitrogen and oxygen atoms in total. The Morgan fingerprint density at radius 3 is 2.45 bits per heavy atom. The van der Waals surface area contributed by atoms with Gasteiger partial charge in [-0.05, 0) is 26.2 Å². The largest absolute Gasteiger partial charge is 0.465 e. The van der Waals surface area contributed by atoms with Gasteiger partial charge < -0.3 is 14.7 Å². The first-order valence-electron chi connectivity index (χ1n) is 7.10. The highest BCUT2D eigenvalue weighted by Crippen LogP contribution is 2.28. The molecule has 0 aliphatic carbocycles. The van der Waals surface area contributed by atoms with Crippen LogP contribution in [0.3, 0.4) is 0 Å². The average Bonchev–Trinajstić information content (AvgIpc) is 2.35. The fourth-order valence-electron chi connectivity index (χ4n) is 2.45. The lowest BCUT2D eigenvalue weighted by atomic mass is 9.84. The van der Waals surface area contributed by atoms with Crippen LogP contribution in [0.4, 0.5) is 4.79 Å². The van der Waals surface area contributed by atoms with Crippen LogP contribution < -0.4 is 0 Å². The third-order valence-electron chi connectivity index (χ3n) is 3.45. The van der Waals surface area contributed by atoms with Crippen molar-refractivity contribution in [3.05, 3.63) is 0 Å². The smallest absolute Gasteiger partial charge is 0.407 e. The Morgan fingerprint density at radius 1 is 1.32 bits per heavy atom. The van der Waals surface area contributed by atoms with E-state index in [1.165, 1.54) is 4.90 Å². The van der Waals surface area contributed by atoms with E-state index in [2.05, 4.69) is 0 Å². The normalized spacial score (nSPS) is 22.6. The summed E-state index contributed by atoms with van der Waals surface area (Å²) in [5.41, 5.74) is 0. The summed E-state index contributed by atoms with van der Waals surface area (Å²) in [5.74, 6) is -0.893. The molecule has 1 amide bonds. The molecule has 0 spiro atoms. The molecule has 1 N–H and O–H groups in total. The summed E-state index contributed by atoms with van der Waals surface area (Å²) in [6.07, 6.45) is 0.248. The molecule has 0 aromatic carbocycles. The van der Waals surface area contributed by atoms with Gasteiger partial charge in [0.15, 0.2) is 0 Å². The van der Waals surface area contributed by atoms with Crippen LogP contribution in [0.5, 0.6) is 0 Å². The molecule has 0 bridgehead atoms. The van der Waals surface area contributed by atoms with Gasteiger partial charge in [0.25, 0.3) is 10.1 Å². The third-order valence-corrected chi connectivity index (χ3v) is 4.02. The first kappa shape index (κ1) is 18.7. The number of hydrogen-bond donors (Lipinski definition) is 1. The Balaban J connectivity index is 2.70. The second-order valence-corrected chi connectivity index (χ2v) is 7.41. The zero-order valence-corrected chi connectivity index (χ0v) is 13.8. The van der Waals surface area contributed by atoms with E-state index in [0.717, 1.165) is 6.26 Å². The Hall–Kier alpha value is -1.35. The maximum Gasteiger partial charge on any atom is 0.407 e. The highest BCUT2D eigenvalue weighted by molar-refractivity contribution is 7.85. The SMILES string of the molecule is CC(C)OC(=O)CC1CCN(C(=O)O)CC1COS(C)(=O)=O. The highest BCUT2D eigenvalue weighted by Gasteiger charge is 2.34. The third kappa shape index (κ3) is 6.61. The van der Waals surface area contributed by atoms with Crippen molar-refractivity contribution in [3.63, 3.8) is 0 Å². The number of esters is 1. The molecule has 0 radical (unpaired) electrons. The lowest BCUT2D eigenvalue weighted by Crippen LogP contribution is -2.45. The van der Waals surface area contributed by atoms with Gasteiger partial charge >= 0.3 is 12.1 Å². The number of carbonyl (C=O) groups is 2.